The lowest BCUT2D eigenvalue weighted by atomic mass is 9.94. The fraction of sp³-hybridized carbons (Fsp3) is 0.636. The van der Waals surface area contributed by atoms with Gasteiger partial charge >= 0.3 is 0 Å². The van der Waals surface area contributed by atoms with Gasteiger partial charge in [0.1, 0.15) is 11.9 Å². The number of benzene rings is 1. The van der Waals surface area contributed by atoms with Crippen molar-refractivity contribution in [1.82, 2.24) is 15.2 Å². The quantitative estimate of drug-likeness (QED) is 0.458. The highest BCUT2D eigenvalue weighted by atomic mass is 19.1. The molecule has 4 rings (SSSR count). The first-order valence-electron chi connectivity index (χ1n) is 11.3. The Balaban J connectivity index is 1.24. The number of amides is 2. The van der Waals surface area contributed by atoms with Gasteiger partial charge in [0.15, 0.2) is 0 Å². The standard InChI is InChI=1S/C22H33FN6O2/c23-18-15-17(1-2-19(18)25-20-3-4-21(30)26-22(20)31)28-13-11-27(12-14-28)8-5-16-6-9-29(24)10-7-16/h1-2,15-16,20,25H,3-14,24H2,(H,26,30,31)/t20-/m0/s1. The number of hydrogen-bond acceptors (Lipinski definition) is 7. The van der Waals surface area contributed by atoms with Crippen LogP contribution in [-0.4, -0.2) is 73.6 Å². The summed E-state index contributed by atoms with van der Waals surface area (Å²) in [6.45, 7) is 6.82. The van der Waals surface area contributed by atoms with E-state index in [1.165, 1.54) is 25.3 Å². The first-order valence-corrected chi connectivity index (χ1v) is 11.3. The van der Waals surface area contributed by atoms with Crippen LogP contribution in [0.2, 0.25) is 0 Å². The Bertz CT molecular complexity index is 790. The van der Waals surface area contributed by atoms with Gasteiger partial charge in [-0.2, -0.15) is 0 Å². The van der Waals surface area contributed by atoms with Crippen molar-refractivity contribution in [3.8, 4) is 0 Å². The smallest absolute Gasteiger partial charge is 0.249 e. The Hall–Kier alpha value is -2.23. The lowest BCUT2D eigenvalue weighted by molar-refractivity contribution is -0.133. The summed E-state index contributed by atoms with van der Waals surface area (Å²) < 4.78 is 14.7. The molecule has 170 valence electrons. The highest BCUT2D eigenvalue weighted by Crippen LogP contribution is 2.25. The number of halogens is 1. The van der Waals surface area contributed by atoms with E-state index in [2.05, 4.69) is 20.4 Å². The summed E-state index contributed by atoms with van der Waals surface area (Å²) in [5.41, 5.74) is 1.15. The molecular weight excluding hydrogens is 399 g/mol. The molecule has 3 aliphatic heterocycles. The SMILES string of the molecule is NN1CCC(CCN2CCN(c3ccc(N[C@H]4CCC(=O)NC4=O)c(F)c3)CC2)CC1. The molecule has 3 heterocycles. The first-order chi connectivity index (χ1) is 15.0. The lowest BCUT2D eigenvalue weighted by Gasteiger charge is -2.37. The molecule has 1 aromatic rings. The van der Waals surface area contributed by atoms with Gasteiger partial charge in [0.2, 0.25) is 11.8 Å². The average Bonchev–Trinajstić information content (AvgIpc) is 2.77. The van der Waals surface area contributed by atoms with Crippen LogP contribution in [0.4, 0.5) is 15.8 Å². The number of carbonyl (C=O) groups is 2. The zero-order chi connectivity index (χ0) is 21.8. The molecule has 4 N–H and O–H groups in total. The Kier molecular flexibility index (Phi) is 7.04. The number of piperidine rings is 2. The van der Waals surface area contributed by atoms with E-state index in [0.717, 1.165) is 57.4 Å². The molecule has 0 aromatic heterocycles. The van der Waals surface area contributed by atoms with Gasteiger partial charge in [-0.1, -0.05) is 0 Å². The van der Waals surface area contributed by atoms with Crippen molar-refractivity contribution in [3.05, 3.63) is 24.0 Å². The van der Waals surface area contributed by atoms with Crippen molar-refractivity contribution in [2.24, 2.45) is 11.8 Å². The number of nitrogens with zero attached hydrogens (tertiary/aromatic N) is 3. The topological polar surface area (TPSA) is 93.9 Å². The minimum absolute atomic E-state index is 0.263. The number of piperazine rings is 1. The number of anilines is 2. The third-order valence-electron chi connectivity index (χ3n) is 6.76. The maximum absolute atomic E-state index is 14.7. The van der Waals surface area contributed by atoms with E-state index in [4.69, 9.17) is 5.84 Å². The molecule has 3 saturated heterocycles. The summed E-state index contributed by atoms with van der Waals surface area (Å²) >= 11 is 0. The predicted octanol–water partition coefficient (Wildman–Crippen LogP) is 1.14. The number of hydrogen-bond donors (Lipinski definition) is 3. The predicted molar refractivity (Wildman–Crippen MR) is 118 cm³/mol. The van der Waals surface area contributed by atoms with Crippen molar-refractivity contribution < 1.29 is 14.0 Å². The van der Waals surface area contributed by atoms with Crippen LogP contribution < -0.4 is 21.4 Å². The van der Waals surface area contributed by atoms with E-state index in [-0.39, 0.29) is 18.1 Å². The summed E-state index contributed by atoms with van der Waals surface area (Å²) in [5.74, 6) is 5.56. The molecule has 2 amide bonds. The molecule has 1 aromatic carbocycles. The zero-order valence-corrected chi connectivity index (χ0v) is 18.0. The molecule has 0 aliphatic carbocycles. The first kappa shape index (κ1) is 22.0. The molecule has 0 bridgehead atoms. The summed E-state index contributed by atoms with van der Waals surface area (Å²) in [5, 5.41) is 7.13. The second-order valence-electron chi connectivity index (χ2n) is 8.91. The fourth-order valence-corrected chi connectivity index (χ4v) is 4.67. The Labute approximate surface area is 182 Å². The van der Waals surface area contributed by atoms with Crippen LogP contribution in [0.5, 0.6) is 0 Å². The summed E-state index contributed by atoms with van der Waals surface area (Å²) in [6.07, 6.45) is 4.24. The summed E-state index contributed by atoms with van der Waals surface area (Å²) in [6, 6.07) is 4.53. The van der Waals surface area contributed by atoms with Gasteiger partial charge in [-0.05, 0) is 56.3 Å². The normalized spacial score (nSPS) is 24.3. The van der Waals surface area contributed by atoms with Gasteiger partial charge < -0.3 is 10.2 Å². The highest BCUT2D eigenvalue weighted by molar-refractivity contribution is 6.01. The molecule has 31 heavy (non-hydrogen) atoms. The number of imide groups is 1. The van der Waals surface area contributed by atoms with Crippen molar-refractivity contribution in [2.45, 2.75) is 38.1 Å². The van der Waals surface area contributed by atoms with E-state index >= 15 is 0 Å². The van der Waals surface area contributed by atoms with Crippen LogP contribution in [0.15, 0.2) is 18.2 Å². The van der Waals surface area contributed by atoms with E-state index in [0.29, 0.717) is 12.1 Å². The molecule has 9 heteroatoms. The van der Waals surface area contributed by atoms with Crippen molar-refractivity contribution in [1.29, 1.82) is 0 Å². The van der Waals surface area contributed by atoms with Crippen molar-refractivity contribution in [3.63, 3.8) is 0 Å². The van der Waals surface area contributed by atoms with Crippen LogP contribution >= 0.6 is 0 Å². The highest BCUT2D eigenvalue weighted by Gasteiger charge is 2.27. The van der Waals surface area contributed by atoms with E-state index in [1.54, 1.807) is 6.07 Å². The number of hydrazine groups is 1. The van der Waals surface area contributed by atoms with Gasteiger partial charge in [0.05, 0.1) is 5.69 Å². The van der Waals surface area contributed by atoms with E-state index in [1.807, 2.05) is 11.1 Å². The summed E-state index contributed by atoms with van der Waals surface area (Å²) in [7, 11) is 0. The van der Waals surface area contributed by atoms with Crippen LogP contribution in [0, 0.1) is 11.7 Å². The maximum atomic E-state index is 14.7. The Morgan fingerprint density at radius 3 is 2.48 bits per heavy atom. The molecular formula is C22H33FN6O2. The van der Waals surface area contributed by atoms with Crippen LogP contribution in [0.25, 0.3) is 0 Å². The molecule has 0 unspecified atom stereocenters. The van der Waals surface area contributed by atoms with E-state index in [9.17, 15) is 14.0 Å². The van der Waals surface area contributed by atoms with Crippen LogP contribution in [0.3, 0.4) is 0 Å². The molecule has 8 nitrogen and oxygen atoms in total. The second-order valence-corrected chi connectivity index (χ2v) is 8.91. The summed E-state index contributed by atoms with van der Waals surface area (Å²) in [4.78, 5) is 27.9. The zero-order valence-electron chi connectivity index (χ0n) is 18.0. The minimum atomic E-state index is -0.585. The van der Waals surface area contributed by atoms with Gasteiger partial charge in [0.25, 0.3) is 0 Å². The minimum Gasteiger partial charge on any atom is -0.371 e. The van der Waals surface area contributed by atoms with Gasteiger partial charge in [0, 0.05) is 51.4 Å². The second kappa shape index (κ2) is 9.93. The molecule has 1 atom stereocenters. The number of nitrogens with one attached hydrogen (secondary N) is 2. The van der Waals surface area contributed by atoms with Gasteiger partial charge in [-0.3, -0.25) is 25.6 Å². The van der Waals surface area contributed by atoms with Crippen molar-refractivity contribution >= 4 is 23.2 Å². The maximum Gasteiger partial charge on any atom is 0.249 e. The number of rotatable bonds is 6. The monoisotopic (exact) mass is 432 g/mol. The number of carbonyl (C=O) groups excluding carboxylic acids is 2. The third kappa shape index (κ3) is 5.72. The fourth-order valence-electron chi connectivity index (χ4n) is 4.67. The number of nitrogens with two attached hydrogens (primary N) is 1. The molecule has 0 saturated carbocycles. The molecule has 3 aliphatic rings. The Morgan fingerprint density at radius 2 is 1.81 bits per heavy atom. The van der Waals surface area contributed by atoms with Gasteiger partial charge in [-0.25, -0.2) is 9.40 Å². The van der Waals surface area contributed by atoms with Gasteiger partial charge in [-0.15, -0.1) is 0 Å². The molecule has 3 fully saturated rings. The average molecular weight is 433 g/mol. The largest absolute Gasteiger partial charge is 0.371 e. The van der Waals surface area contributed by atoms with Crippen molar-refractivity contribution in [2.75, 3.05) is 56.0 Å². The molecule has 0 spiro atoms. The third-order valence-corrected chi connectivity index (χ3v) is 6.76. The Morgan fingerprint density at radius 1 is 1.06 bits per heavy atom. The van der Waals surface area contributed by atoms with E-state index < -0.39 is 11.9 Å². The lowest BCUT2D eigenvalue weighted by Crippen LogP contribution is -2.47. The van der Waals surface area contributed by atoms with Crippen LogP contribution in [0.1, 0.15) is 32.1 Å². The van der Waals surface area contributed by atoms with Crippen LogP contribution in [-0.2, 0) is 9.59 Å². The molecule has 0 radical (unpaired) electrons.